The summed E-state index contributed by atoms with van der Waals surface area (Å²) in [5.74, 6) is 1.73. The molecule has 0 atom stereocenters. The smallest absolute Gasteiger partial charge is 0.232 e. The zero-order chi connectivity index (χ0) is 19.9. The summed E-state index contributed by atoms with van der Waals surface area (Å²) >= 11 is 1.42. The second-order valence-electron chi connectivity index (χ2n) is 7.33. The van der Waals surface area contributed by atoms with E-state index in [0.29, 0.717) is 31.4 Å². The molecule has 152 valence electrons. The molecule has 2 aromatic rings. The molecule has 1 aliphatic rings. The molecular weight excluding hydrogens is 374 g/mol. The van der Waals surface area contributed by atoms with Gasteiger partial charge in [-0.2, -0.15) is 0 Å². The van der Waals surface area contributed by atoms with Gasteiger partial charge in [-0.3, -0.25) is 9.36 Å². The van der Waals surface area contributed by atoms with Crippen LogP contribution < -0.4 is 10.2 Å². The second kappa shape index (κ2) is 9.93. The molecule has 1 amide bonds. The minimum atomic E-state index is 0.0258. The highest BCUT2D eigenvalue weighted by Gasteiger charge is 2.23. The van der Waals surface area contributed by atoms with Gasteiger partial charge >= 0.3 is 0 Å². The van der Waals surface area contributed by atoms with Gasteiger partial charge in [0.25, 0.3) is 0 Å². The summed E-state index contributed by atoms with van der Waals surface area (Å²) in [4.78, 5) is 14.4. The number of para-hydroxylation sites is 1. The molecule has 0 radical (unpaired) electrons. The predicted molar refractivity (Wildman–Crippen MR) is 112 cm³/mol. The maximum absolute atomic E-state index is 12.2. The lowest BCUT2D eigenvalue weighted by molar-refractivity contribution is -0.118. The monoisotopic (exact) mass is 403 g/mol. The molecule has 28 heavy (non-hydrogen) atoms. The Labute approximate surface area is 170 Å². The number of amides is 1. The van der Waals surface area contributed by atoms with Crippen molar-refractivity contribution in [3.8, 4) is 5.69 Å². The van der Waals surface area contributed by atoms with Crippen molar-refractivity contribution < 1.29 is 9.53 Å². The van der Waals surface area contributed by atoms with Gasteiger partial charge in [0, 0.05) is 19.6 Å². The van der Waals surface area contributed by atoms with Crippen molar-refractivity contribution in [1.29, 1.82) is 0 Å². The second-order valence-corrected chi connectivity index (χ2v) is 8.27. The van der Waals surface area contributed by atoms with Crippen molar-refractivity contribution in [2.75, 3.05) is 43.5 Å². The Balaban J connectivity index is 1.78. The Kier molecular flexibility index (Phi) is 7.33. The number of anilines is 1. The maximum Gasteiger partial charge on any atom is 0.232 e. The summed E-state index contributed by atoms with van der Waals surface area (Å²) in [6.07, 6.45) is 0.983. The van der Waals surface area contributed by atoms with E-state index in [1.165, 1.54) is 11.8 Å². The summed E-state index contributed by atoms with van der Waals surface area (Å²) < 4.78 is 7.54. The van der Waals surface area contributed by atoms with Gasteiger partial charge in [-0.1, -0.05) is 43.8 Å². The lowest BCUT2D eigenvalue weighted by Crippen LogP contribution is -2.38. The van der Waals surface area contributed by atoms with E-state index < -0.39 is 0 Å². The molecular formula is C20H29N5O2S. The fourth-order valence-electron chi connectivity index (χ4n) is 3.03. The molecule has 1 N–H and O–H groups in total. The number of hydrogen-bond donors (Lipinski definition) is 1. The van der Waals surface area contributed by atoms with Crippen LogP contribution >= 0.6 is 11.8 Å². The minimum absolute atomic E-state index is 0.0258. The molecule has 0 unspecified atom stereocenters. The molecule has 3 rings (SSSR count). The first-order valence-corrected chi connectivity index (χ1v) is 10.8. The van der Waals surface area contributed by atoms with Crippen LogP contribution in [0.15, 0.2) is 29.4 Å². The first-order valence-electron chi connectivity index (χ1n) is 9.80. The molecule has 2 heterocycles. The molecule has 0 aliphatic carbocycles. The van der Waals surface area contributed by atoms with Crippen LogP contribution in [-0.2, 0) is 9.53 Å². The minimum Gasteiger partial charge on any atom is -0.378 e. The number of carbonyl (C=O) groups excluding carboxylic acids is 1. The Morgan fingerprint density at radius 3 is 2.71 bits per heavy atom. The van der Waals surface area contributed by atoms with Gasteiger partial charge in [0.1, 0.15) is 0 Å². The highest BCUT2D eigenvalue weighted by atomic mass is 32.2. The number of thioether (sulfide) groups is 1. The molecule has 1 fully saturated rings. The van der Waals surface area contributed by atoms with Crippen LogP contribution in [0.3, 0.4) is 0 Å². The van der Waals surface area contributed by atoms with E-state index in [4.69, 9.17) is 4.74 Å². The van der Waals surface area contributed by atoms with Crippen molar-refractivity contribution in [1.82, 2.24) is 20.1 Å². The highest BCUT2D eigenvalue weighted by Crippen LogP contribution is 2.28. The van der Waals surface area contributed by atoms with Crippen molar-refractivity contribution in [2.24, 2.45) is 5.92 Å². The van der Waals surface area contributed by atoms with Gasteiger partial charge in [-0.15, -0.1) is 10.2 Å². The van der Waals surface area contributed by atoms with E-state index in [9.17, 15) is 4.79 Å². The Morgan fingerprint density at radius 1 is 1.25 bits per heavy atom. The number of benzene rings is 1. The molecule has 1 aromatic carbocycles. The largest absolute Gasteiger partial charge is 0.378 e. The molecule has 8 heteroatoms. The van der Waals surface area contributed by atoms with Gasteiger partial charge in [-0.25, -0.2) is 0 Å². The average molecular weight is 404 g/mol. The zero-order valence-electron chi connectivity index (χ0n) is 16.9. The quantitative estimate of drug-likeness (QED) is 0.683. The zero-order valence-corrected chi connectivity index (χ0v) is 17.7. The number of nitrogens with one attached hydrogen (secondary N) is 1. The number of aromatic nitrogens is 3. The Bertz CT molecular complexity index is 787. The third-order valence-electron chi connectivity index (χ3n) is 4.64. The van der Waals surface area contributed by atoms with Crippen molar-refractivity contribution in [2.45, 2.75) is 32.3 Å². The normalized spacial score (nSPS) is 14.5. The predicted octanol–water partition coefficient (Wildman–Crippen LogP) is 2.67. The third kappa shape index (κ3) is 5.26. The molecule has 1 saturated heterocycles. The number of rotatable bonds is 8. The lowest BCUT2D eigenvalue weighted by Gasteiger charge is -2.28. The van der Waals surface area contributed by atoms with Crippen LogP contribution in [0.4, 0.5) is 5.95 Å². The van der Waals surface area contributed by atoms with Crippen LogP contribution in [0.5, 0.6) is 0 Å². The fraction of sp³-hybridized carbons (Fsp3) is 0.550. The van der Waals surface area contributed by atoms with Crippen molar-refractivity contribution >= 4 is 23.6 Å². The van der Waals surface area contributed by atoms with Crippen LogP contribution in [0.25, 0.3) is 5.69 Å². The first kappa shape index (κ1) is 20.7. The van der Waals surface area contributed by atoms with E-state index >= 15 is 0 Å². The van der Waals surface area contributed by atoms with E-state index in [1.54, 1.807) is 0 Å². The van der Waals surface area contributed by atoms with Gasteiger partial charge in [-0.05, 0) is 30.9 Å². The van der Waals surface area contributed by atoms with Crippen LogP contribution in [0.1, 0.15) is 25.8 Å². The molecule has 0 bridgehead atoms. The van der Waals surface area contributed by atoms with Gasteiger partial charge in [0.15, 0.2) is 5.16 Å². The number of nitrogens with zero attached hydrogens (tertiary/aromatic N) is 4. The fourth-order valence-corrected chi connectivity index (χ4v) is 3.80. The summed E-state index contributed by atoms with van der Waals surface area (Å²) in [5, 5.41) is 12.6. The standard InChI is InChI=1S/C20H29N5O2S/c1-15(2)8-9-21-18(26)14-28-20-23-22-19(24-10-12-27-13-11-24)25(20)17-7-5-4-6-16(17)3/h4-7,15H,8-14H2,1-3H3,(H,21,26). The van der Waals surface area contributed by atoms with Crippen LogP contribution in [0, 0.1) is 12.8 Å². The Hall–Kier alpha value is -2.06. The molecule has 1 aliphatic heterocycles. The van der Waals surface area contributed by atoms with E-state index in [1.807, 2.05) is 12.1 Å². The highest BCUT2D eigenvalue weighted by molar-refractivity contribution is 7.99. The molecule has 1 aromatic heterocycles. The summed E-state index contributed by atoms with van der Waals surface area (Å²) in [6.45, 7) is 10.0. The van der Waals surface area contributed by atoms with Gasteiger partial charge in [0.05, 0.1) is 24.7 Å². The number of morpholine rings is 1. The number of aryl methyl sites for hydroxylation is 1. The van der Waals surface area contributed by atoms with Gasteiger partial charge < -0.3 is 15.0 Å². The lowest BCUT2D eigenvalue weighted by atomic mass is 10.1. The summed E-state index contributed by atoms with van der Waals surface area (Å²) in [5.41, 5.74) is 2.18. The maximum atomic E-state index is 12.2. The van der Waals surface area contributed by atoms with E-state index in [0.717, 1.165) is 41.9 Å². The number of carbonyl (C=O) groups is 1. The number of ether oxygens (including phenoxy) is 1. The topological polar surface area (TPSA) is 72.3 Å². The Morgan fingerprint density at radius 2 is 2.00 bits per heavy atom. The molecule has 0 spiro atoms. The molecule has 7 nitrogen and oxygen atoms in total. The first-order chi connectivity index (χ1) is 13.6. The van der Waals surface area contributed by atoms with E-state index in [-0.39, 0.29) is 5.91 Å². The average Bonchev–Trinajstić information content (AvgIpc) is 3.11. The SMILES string of the molecule is Cc1ccccc1-n1c(SCC(=O)NCCC(C)C)nnc1N1CCOCC1. The van der Waals surface area contributed by atoms with Crippen molar-refractivity contribution in [3.63, 3.8) is 0 Å². The summed E-state index contributed by atoms with van der Waals surface area (Å²) in [7, 11) is 0. The van der Waals surface area contributed by atoms with Gasteiger partial charge in [0.2, 0.25) is 11.9 Å². The van der Waals surface area contributed by atoms with Crippen LogP contribution in [-0.4, -0.2) is 59.3 Å². The third-order valence-corrected chi connectivity index (χ3v) is 5.57. The van der Waals surface area contributed by atoms with Crippen molar-refractivity contribution in [3.05, 3.63) is 29.8 Å². The van der Waals surface area contributed by atoms with E-state index in [2.05, 4.69) is 57.9 Å². The molecule has 0 saturated carbocycles. The number of hydrogen-bond acceptors (Lipinski definition) is 6. The summed E-state index contributed by atoms with van der Waals surface area (Å²) in [6, 6.07) is 8.17. The van der Waals surface area contributed by atoms with Crippen LogP contribution in [0.2, 0.25) is 0 Å².